The van der Waals surface area contributed by atoms with Crippen LogP contribution in [0.5, 0.6) is 0 Å². The van der Waals surface area contributed by atoms with Crippen molar-refractivity contribution < 1.29 is 9.47 Å². The summed E-state index contributed by atoms with van der Waals surface area (Å²) < 4.78 is 11.1. The van der Waals surface area contributed by atoms with E-state index < -0.39 is 0 Å². The SMILES string of the molecule is C=CCOCC(C)(C)C1=NC(C)(C)CO1. The van der Waals surface area contributed by atoms with Crippen LogP contribution in [0.1, 0.15) is 27.7 Å². The van der Waals surface area contributed by atoms with Gasteiger partial charge in [0.15, 0.2) is 5.90 Å². The van der Waals surface area contributed by atoms with Crippen LogP contribution in [-0.4, -0.2) is 31.3 Å². The molecule has 0 saturated carbocycles. The van der Waals surface area contributed by atoms with Crippen LogP contribution in [-0.2, 0) is 9.47 Å². The fourth-order valence-corrected chi connectivity index (χ4v) is 1.39. The highest BCUT2D eigenvalue weighted by Gasteiger charge is 2.35. The number of aliphatic imine (C=N–C) groups is 1. The van der Waals surface area contributed by atoms with Crippen LogP contribution in [0.25, 0.3) is 0 Å². The summed E-state index contributed by atoms with van der Waals surface area (Å²) in [4.78, 5) is 4.56. The molecule has 0 radical (unpaired) electrons. The van der Waals surface area contributed by atoms with Crippen LogP contribution < -0.4 is 0 Å². The van der Waals surface area contributed by atoms with E-state index >= 15 is 0 Å². The quantitative estimate of drug-likeness (QED) is 0.516. The van der Waals surface area contributed by atoms with E-state index in [1.54, 1.807) is 6.08 Å². The van der Waals surface area contributed by atoms with Crippen molar-refractivity contribution in [2.45, 2.75) is 33.2 Å². The van der Waals surface area contributed by atoms with Gasteiger partial charge in [-0.3, -0.25) is 0 Å². The fraction of sp³-hybridized carbons (Fsp3) is 0.750. The molecular weight excluding hydrogens is 190 g/mol. The molecule has 1 heterocycles. The van der Waals surface area contributed by atoms with E-state index in [9.17, 15) is 0 Å². The third kappa shape index (κ3) is 3.34. The molecule has 0 aromatic heterocycles. The molecule has 0 aromatic rings. The summed E-state index contributed by atoms with van der Waals surface area (Å²) in [6.07, 6.45) is 1.75. The smallest absolute Gasteiger partial charge is 0.192 e. The van der Waals surface area contributed by atoms with Gasteiger partial charge in [-0.25, -0.2) is 4.99 Å². The summed E-state index contributed by atoms with van der Waals surface area (Å²) >= 11 is 0. The molecule has 0 unspecified atom stereocenters. The Labute approximate surface area is 92.2 Å². The maximum atomic E-state index is 5.61. The molecule has 0 spiro atoms. The molecule has 1 aliphatic rings. The second kappa shape index (κ2) is 4.35. The lowest BCUT2D eigenvalue weighted by Gasteiger charge is -2.23. The number of ether oxygens (including phenoxy) is 2. The van der Waals surface area contributed by atoms with Gasteiger partial charge in [-0.05, 0) is 27.7 Å². The Kier molecular flexibility index (Phi) is 3.55. The normalized spacial score (nSPS) is 19.6. The van der Waals surface area contributed by atoms with E-state index in [2.05, 4.69) is 39.3 Å². The maximum Gasteiger partial charge on any atom is 0.192 e. The molecule has 0 amide bonds. The lowest BCUT2D eigenvalue weighted by molar-refractivity contribution is 0.101. The van der Waals surface area contributed by atoms with E-state index in [1.165, 1.54) is 0 Å². The van der Waals surface area contributed by atoms with E-state index in [0.29, 0.717) is 19.8 Å². The van der Waals surface area contributed by atoms with Gasteiger partial charge in [0.25, 0.3) is 0 Å². The van der Waals surface area contributed by atoms with Crippen LogP contribution in [0.4, 0.5) is 0 Å². The third-order valence-electron chi connectivity index (χ3n) is 2.24. The Morgan fingerprint density at radius 2 is 2.27 bits per heavy atom. The first-order chi connectivity index (χ1) is 6.87. The molecule has 15 heavy (non-hydrogen) atoms. The summed E-state index contributed by atoms with van der Waals surface area (Å²) in [6.45, 7) is 13.7. The highest BCUT2D eigenvalue weighted by atomic mass is 16.5. The van der Waals surface area contributed by atoms with Crippen LogP contribution in [0.3, 0.4) is 0 Å². The van der Waals surface area contributed by atoms with Crippen LogP contribution in [0.15, 0.2) is 17.6 Å². The first-order valence-electron chi connectivity index (χ1n) is 5.29. The summed E-state index contributed by atoms with van der Waals surface area (Å²) in [7, 11) is 0. The van der Waals surface area contributed by atoms with Crippen molar-refractivity contribution in [1.82, 2.24) is 0 Å². The van der Waals surface area contributed by atoms with Crippen molar-refractivity contribution in [3.8, 4) is 0 Å². The van der Waals surface area contributed by atoms with Crippen molar-refractivity contribution >= 4 is 5.90 Å². The molecule has 0 saturated heterocycles. The minimum absolute atomic E-state index is 0.0922. The molecule has 0 N–H and O–H groups in total. The number of rotatable bonds is 5. The van der Waals surface area contributed by atoms with E-state index in [4.69, 9.17) is 9.47 Å². The number of nitrogens with zero attached hydrogens (tertiary/aromatic N) is 1. The third-order valence-corrected chi connectivity index (χ3v) is 2.24. The molecule has 3 nitrogen and oxygen atoms in total. The summed E-state index contributed by atoms with van der Waals surface area (Å²) in [5.41, 5.74) is -0.248. The van der Waals surface area contributed by atoms with Gasteiger partial charge >= 0.3 is 0 Å². The van der Waals surface area contributed by atoms with Crippen molar-refractivity contribution in [1.29, 1.82) is 0 Å². The summed E-state index contributed by atoms with van der Waals surface area (Å²) in [5.74, 6) is 0.802. The average molecular weight is 211 g/mol. The van der Waals surface area contributed by atoms with Crippen molar-refractivity contribution in [2.75, 3.05) is 19.8 Å². The molecule has 3 heteroatoms. The predicted molar refractivity (Wildman–Crippen MR) is 62.3 cm³/mol. The standard InChI is InChI=1S/C12H21NO2/c1-6-7-14-8-11(2,3)10-13-12(4,5)9-15-10/h6H,1,7-9H2,2-5H3. The highest BCUT2D eigenvalue weighted by Crippen LogP contribution is 2.27. The van der Waals surface area contributed by atoms with Crippen molar-refractivity contribution in [3.05, 3.63) is 12.7 Å². The van der Waals surface area contributed by atoms with Gasteiger partial charge in [-0.2, -0.15) is 0 Å². The van der Waals surface area contributed by atoms with Gasteiger partial charge in [-0.15, -0.1) is 6.58 Å². The van der Waals surface area contributed by atoms with Crippen molar-refractivity contribution in [2.24, 2.45) is 10.4 Å². The zero-order valence-electron chi connectivity index (χ0n) is 10.2. The molecule has 1 aliphatic heterocycles. The Balaban J connectivity index is 2.58. The zero-order valence-corrected chi connectivity index (χ0v) is 10.2. The first kappa shape index (κ1) is 12.2. The lowest BCUT2D eigenvalue weighted by Crippen LogP contribution is -2.30. The molecule has 0 aromatic carbocycles. The topological polar surface area (TPSA) is 30.8 Å². The molecular formula is C12H21NO2. The first-order valence-corrected chi connectivity index (χ1v) is 5.29. The molecule has 0 aliphatic carbocycles. The van der Waals surface area contributed by atoms with Gasteiger partial charge in [0, 0.05) is 0 Å². The predicted octanol–water partition coefficient (Wildman–Crippen LogP) is 2.42. The van der Waals surface area contributed by atoms with Crippen LogP contribution in [0, 0.1) is 5.41 Å². The van der Waals surface area contributed by atoms with E-state index in [0.717, 1.165) is 5.90 Å². The van der Waals surface area contributed by atoms with E-state index in [-0.39, 0.29) is 11.0 Å². The highest BCUT2D eigenvalue weighted by molar-refractivity contribution is 5.83. The average Bonchev–Trinajstić information content (AvgIpc) is 2.47. The number of hydrogen-bond acceptors (Lipinski definition) is 3. The van der Waals surface area contributed by atoms with E-state index in [1.807, 2.05) is 0 Å². The fourth-order valence-electron chi connectivity index (χ4n) is 1.39. The van der Waals surface area contributed by atoms with Gasteiger partial charge in [0.1, 0.15) is 6.61 Å². The molecule has 0 fully saturated rings. The number of hydrogen-bond donors (Lipinski definition) is 0. The molecule has 0 atom stereocenters. The Hall–Kier alpha value is -0.830. The van der Waals surface area contributed by atoms with Crippen LogP contribution >= 0.6 is 0 Å². The Morgan fingerprint density at radius 3 is 2.73 bits per heavy atom. The molecule has 1 rings (SSSR count). The Morgan fingerprint density at radius 1 is 1.60 bits per heavy atom. The van der Waals surface area contributed by atoms with Gasteiger partial charge in [-0.1, -0.05) is 6.08 Å². The van der Waals surface area contributed by atoms with Crippen LogP contribution in [0.2, 0.25) is 0 Å². The monoisotopic (exact) mass is 211 g/mol. The maximum absolute atomic E-state index is 5.61. The minimum Gasteiger partial charge on any atom is -0.478 e. The molecule has 86 valence electrons. The second-order valence-electron chi connectivity index (χ2n) is 5.21. The molecule has 0 bridgehead atoms. The largest absolute Gasteiger partial charge is 0.478 e. The zero-order chi connectivity index (χ0) is 11.5. The lowest BCUT2D eigenvalue weighted by atomic mass is 9.94. The van der Waals surface area contributed by atoms with Gasteiger partial charge in [0.2, 0.25) is 0 Å². The minimum atomic E-state index is -0.156. The summed E-state index contributed by atoms with van der Waals surface area (Å²) in [5, 5.41) is 0. The summed E-state index contributed by atoms with van der Waals surface area (Å²) in [6, 6.07) is 0. The van der Waals surface area contributed by atoms with Gasteiger partial charge in [0.05, 0.1) is 24.2 Å². The van der Waals surface area contributed by atoms with Crippen molar-refractivity contribution in [3.63, 3.8) is 0 Å². The Bertz CT molecular complexity index is 267. The van der Waals surface area contributed by atoms with Gasteiger partial charge < -0.3 is 9.47 Å². The second-order valence-corrected chi connectivity index (χ2v) is 5.21.